The van der Waals surface area contributed by atoms with Gasteiger partial charge < -0.3 is 25.7 Å². The number of phenolic OH excluding ortho intramolecular Hbond substituents is 4. The summed E-state index contributed by atoms with van der Waals surface area (Å²) in [7, 11) is 0. The first-order valence-corrected chi connectivity index (χ1v) is 6.94. The Morgan fingerprint density at radius 2 is 1.73 bits per heavy atom. The number of halogens is 1. The highest BCUT2D eigenvalue weighted by molar-refractivity contribution is 5.48. The Balaban J connectivity index is 1.94. The van der Waals surface area contributed by atoms with E-state index in [2.05, 4.69) is 5.32 Å². The van der Waals surface area contributed by atoms with Crippen LogP contribution in [0.1, 0.15) is 22.7 Å². The van der Waals surface area contributed by atoms with Crippen LogP contribution in [0.25, 0.3) is 0 Å². The highest BCUT2D eigenvalue weighted by atomic mass is 19.1. The Morgan fingerprint density at radius 1 is 1.00 bits per heavy atom. The van der Waals surface area contributed by atoms with Crippen molar-refractivity contribution >= 4 is 0 Å². The molecule has 1 aliphatic heterocycles. The first-order valence-electron chi connectivity index (χ1n) is 6.94. The van der Waals surface area contributed by atoms with Gasteiger partial charge in [-0.25, -0.2) is 4.39 Å². The van der Waals surface area contributed by atoms with Crippen molar-refractivity contribution in [2.24, 2.45) is 0 Å². The predicted molar refractivity (Wildman–Crippen MR) is 77.7 cm³/mol. The number of nitrogens with one attached hydrogen (secondary N) is 1. The molecule has 0 aromatic heterocycles. The molecule has 0 bridgehead atoms. The van der Waals surface area contributed by atoms with Gasteiger partial charge in [0.15, 0.2) is 28.8 Å². The van der Waals surface area contributed by atoms with Gasteiger partial charge in [0.2, 0.25) is 0 Å². The Labute approximate surface area is 126 Å². The van der Waals surface area contributed by atoms with E-state index in [-0.39, 0.29) is 17.5 Å². The molecular weight excluding hydrogens is 289 g/mol. The minimum absolute atomic E-state index is 0.160. The molecule has 1 aliphatic rings. The summed E-state index contributed by atoms with van der Waals surface area (Å²) in [6, 6.07) is 5.34. The van der Waals surface area contributed by atoms with Crippen LogP contribution in [0.5, 0.6) is 23.0 Å². The van der Waals surface area contributed by atoms with E-state index in [9.17, 15) is 24.8 Å². The van der Waals surface area contributed by atoms with Crippen LogP contribution in [-0.4, -0.2) is 27.0 Å². The summed E-state index contributed by atoms with van der Waals surface area (Å²) in [5.41, 5.74) is 2.27. The quantitative estimate of drug-likeness (QED) is 0.548. The molecule has 0 spiro atoms. The van der Waals surface area contributed by atoms with Gasteiger partial charge in [0, 0.05) is 6.04 Å². The van der Waals surface area contributed by atoms with Crippen molar-refractivity contribution in [2.45, 2.75) is 18.9 Å². The summed E-state index contributed by atoms with van der Waals surface area (Å²) in [6.07, 6.45) is 1.09. The zero-order valence-electron chi connectivity index (χ0n) is 11.7. The molecule has 5 N–H and O–H groups in total. The second kappa shape index (κ2) is 5.38. The van der Waals surface area contributed by atoms with Crippen molar-refractivity contribution in [3.8, 4) is 23.0 Å². The van der Waals surface area contributed by atoms with E-state index < -0.39 is 17.3 Å². The minimum Gasteiger partial charge on any atom is -0.504 e. The maximum Gasteiger partial charge on any atom is 0.194 e. The lowest BCUT2D eigenvalue weighted by Gasteiger charge is -2.27. The largest absolute Gasteiger partial charge is 0.504 e. The molecule has 0 amide bonds. The Morgan fingerprint density at radius 3 is 2.45 bits per heavy atom. The van der Waals surface area contributed by atoms with Crippen molar-refractivity contribution in [3.05, 3.63) is 46.8 Å². The lowest BCUT2D eigenvalue weighted by atomic mass is 9.89. The number of fused-ring (bicyclic) bond motifs is 1. The molecule has 3 rings (SSSR count). The summed E-state index contributed by atoms with van der Waals surface area (Å²) in [4.78, 5) is 0. The lowest BCUT2D eigenvalue weighted by Crippen LogP contribution is -2.31. The lowest BCUT2D eigenvalue weighted by molar-refractivity contribution is 0.377. The van der Waals surface area contributed by atoms with Gasteiger partial charge >= 0.3 is 0 Å². The number of hydrogen-bond donors (Lipinski definition) is 5. The van der Waals surface area contributed by atoms with Crippen LogP contribution in [0.3, 0.4) is 0 Å². The molecule has 1 heterocycles. The standard InChI is InChI=1S/C16H16FNO4/c17-11-3-8(5-15(21)16(11)22)4-12-10-7-14(20)13(19)6-9(10)1-2-18-12/h3,5-7,12,18-22H,1-2,4H2. The fourth-order valence-electron chi connectivity index (χ4n) is 2.84. The SMILES string of the molecule is Oc1cc2c(cc1O)C(Cc1cc(O)c(O)c(F)c1)NCC2. The smallest absolute Gasteiger partial charge is 0.194 e. The van der Waals surface area contributed by atoms with Crippen LogP contribution in [0, 0.1) is 5.82 Å². The molecule has 0 saturated heterocycles. The van der Waals surface area contributed by atoms with E-state index in [0.717, 1.165) is 17.5 Å². The first kappa shape index (κ1) is 14.5. The summed E-state index contributed by atoms with van der Waals surface area (Å²) in [5.74, 6) is -2.50. The molecule has 1 atom stereocenters. The molecule has 0 fully saturated rings. The summed E-state index contributed by atoms with van der Waals surface area (Å²) < 4.78 is 13.5. The van der Waals surface area contributed by atoms with Crippen LogP contribution in [-0.2, 0) is 12.8 Å². The zero-order valence-corrected chi connectivity index (χ0v) is 11.7. The molecule has 116 valence electrons. The summed E-state index contributed by atoms with van der Waals surface area (Å²) >= 11 is 0. The van der Waals surface area contributed by atoms with Crippen LogP contribution in [0.2, 0.25) is 0 Å². The average molecular weight is 305 g/mol. The van der Waals surface area contributed by atoms with Crippen LogP contribution < -0.4 is 5.32 Å². The summed E-state index contributed by atoms with van der Waals surface area (Å²) in [6.45, 7) is 0.689. The maximum absolute atomic E-state index is 13.5. The molecule has 1 unspecified atom stereocenters. The second-order valence-electron chi connectivity index (χ2n) is 5.45. The molecule has 0 saturated carbocycles. The van der Waals surface area contributed by atoms with E-state index in [0.29, 0.717) is 18.5 Å². The van der Waals surface area contributed by atoms with Crippen molar-refractivity contribution in [2.75, 3.05) is 6.54 Å². The number of hydrogen-bond acceptors (Lipinski definition) is 5. The Hall–Kier alpha value is -2.47. The third kappa shape index (κ3) is 2.53. The van der Waals surface area contributed by atoms with Gasteiger partial charge in [0.25, 0.3) is 0 Å². The second-order valence-corrected chi connectivity index (χ2v) is 5.45. The first-order chi connectivity index (χ1) is 10.5. The van der Waals surface area contributed by atoms with Gasteiger partial charge in [-0.2, -0.15) is 0 Å². The average Bonchev–Trinajstić information content (AvgIpc) is 2.47. The van der Waals surface area contributed by atoms with Crippen LogP contribution in [0.15, 0.2) is 24.3 Å². The molecule has 0 radical (unpaired) electrons. The van der Waals surface area contributed by atoms with Crippen molar-refractivity contribution < 1.29 is 24.8 Å². The van der Waals surface area contributed by atoms with E-state index in [1.165, 1.54) is 24.3 Å². The third-order valence-corrected chi connectivity index (χ3v) is 3.94. The number of aromatic hydroxyl groups is 4. The molecular formula is C16H16FNO4. The maximum atomic E-state index is 13.5. The third-order valence-electron chi connectivity index (χ3n) is 3.94. The Bertz CT molecular complexity index is 709. The van der Waals surface area contributed by atoms with E-state index >= 15 is 0 Å². The number of benzene rings is 2. The monoisotopic (exact) mass is 305 g/mol. The fourth-order valence-corrected chi connectivity index (χ4v) is 2.84. The van der Waals surface area contributed by atoms with Crippen LogP contribution in [0.4, 0.5) is 4.39 Å². The molecule has 5 nitrogen and oxygen atoms in total. The van der Waals surface area contributed by atoms with E-state index in [1.54, 1.807) is 0 Å². The van der Waals surface area contributed by atoms with E-state index in [1.807, 2.05) is 0 Å². The predicted octanol–water partition coefficient (Wildman–Crippen LogP) is 2.08. The van der Waals surface area contributed by atoms with Gasteiger partial charge in [-0.3, -0.25) is 0 Å². The fraction of sp³-hybridized carbons (Fsp3) is 0.250. The number of rotatable bonds is 2. The highest BCUT2D eigenvalue weighted by Crippen LogP contribution is 2.36. The minimum atomic E-state index is -0.875. The van der Waals surface area contributed by atoms with Gasteiger partial charge in [-0.15, -0.1) is 0 Å². The molecule has 22 heavy (non-hydrogen) atoms. The normalized spacial score (nSPS) is 17.2. The van der Waals surface area contributed by atoms with Crippen molar-refractivity contribution in [3.63, 3.8) is 0 Å². The molecule has 2 aromatic carbocycles. The topological polar surface area (TPSA) is 93.0 Å². The number of phenols is 4. The van der Waals surface area contributed by atoms with Gasteiger partial charge in [0.1, 0.15) is 0 Å². The van der Waals surface area contributed by atoms with Crippen molar-refractivity contribution in [1.82, 2.24) is 5.32 Å². The molecule has 0 aliphatic carbocycles. The van der Waals surface area contributed by atoms with Crippen LogP contribution >= 0.6 is 0 Å². The molecule has 2 aromatic rings. The van der Waals surface area contributed by atoms with E-state index in [4.69, 9.17) is 0 Å². The van der Waals surface area contributed by atoms with Gasteiger partial charge in [-0.05, 0) is 60.3 Å². The summed E-state index contributed by atoms with van der Waals surface area (Å²) in [5, 5.41) is 41.3. The highest BCUT2D eigenvalue weighted by Gasteiger charge is 2.23. The zero-order chi connectivity index (χ0) is 15.9. The van der Waals surface area contributed by atoms with Gasteiger partial charge in [0.05, 0.1) is 0 Å². The van der Waals surface area contributed by atoms with Crippen molar-refractivity contribution in [1.29, 1.82) is 0 Å². The van der Waals surface area contributed by atoms with Gasteiger partial charge in [-0.1, -0.05) is 0 Å². The molecule has 6 heteroatoms. The Kier molecular flexibility index (Phi) is 3.54.